The van der Waals surface area contributed by atoms with Gasteiger partial charge in [-0.25, -0.2) is 4.98 Å². The van der Waals surface area contributed by atoms with E-state index >= 15 is 0 Å². The molecule has 17 heavy (non-hydrogen) atoms. The molecule has 0 aliphatic heterocycles. The van der Waals surface area contributed by atoms with Crippen LogP contribution in [0.15, 0.2) is 12.4 Å². The molecular weight excluding hydrogens is 263 g/mol. The minimum atomic E-state index is 0.0658. The normalized spacial score (nSPS) is 10.6. The molecule has 0 bridgehead atoms. The molecule has 90 valence electrons. The molecule has 0 fully saturated rings. The first-order chi connectivity index (χ1) is 8.08. The first kappa shape index (κ1) is 12.1. The standard InChI is InChI=1S/C9H10Cl2N6/c1-16-4-3-12-6(16)5-17(2)8-7(10)14-15-9(11)13-8/h3-4H,5H2,1-2H3. The van der Waals surface area contributed by atoms with Gasteiger partial charge in [-0.1, -0.05) is 11.6 Å². The molecule has 0 saturated heterocycles. The van der Waals surface area contributed by atoms with Crippen LogP contribution < -0.4 is 4.90 Å². The molecule has 0 aliphatic rings. The van der Waals surface area contributed by atoms with Crippen molar-refractivity contribution in [2.45, 2.75) is 6.54 Å². The highest BCUT2D eigenvalue weighted by molar-refractivity contribution is 6.32. The van der Waals surface area contributed by atoms with Crippen LogP contribution in [0.4, 0.5) is 5.82 Å². The van der Waals surface area contributed by atoms with Crippen molar-refractivity contribution in [1.82, 2.24) is 24.7 Å². The Hall–Kier alpha value is -1.40. The van der Waals surface area contributed by atoms with Gasteiger partial charge in [0, 0.05) is 26.5 Å². The number of rotatable bonds is 3. The lowest BCUT2D eigenvalue weighted by Gasteiger charge is -2.17. The number of halogens is 2. The number of aryl methyl sites for hydroxylation is 1. The molecule has 2 aromatic rings. The van der Waals surface area contributed by atoms with Crippen molar-refractivity contribution in [2.24, 2.45) is 7.05 Å². The minimum absolute atomic E-state index is 0.0658. The van der Waals surface area contributed by atoms with Crippen molar-refractivity contribution >= 4 is 29.0 Å². The molecule has 0 atom stereocenters. The fraction of sp³-hybridized carbons (Fsp3) is 0.333. The van der Waals surface area contributed by atoms with Crippen LogP contribution in [-0.4, -0.2) is 31.8 Å². The van der Waals surface area contributed by atoms with Crippen molar-refractivity contribution in [2.75, 3.05) is 11.9 Å². The first-order valence-electron chi connectivity index (χ1n) is 4.81. The Balaban J connectivity index is 2.23. The summed E-state index contributed by atoms with van der Waals surface area (Å²) < 4.78 is 1.92. The molecule has 6 nitrogen and oxygen atoms in total. The van der Waals surface area contributed by atoms with Crippen molar-refractivity contribution < 1.29 is 0 Å². The molecular formula is C9H10Cl2N6. The SMILES string of the molecule is CN(Cc1nccn1C)c1nc(Cl)nnc1Cl. The molecule has 2 rings (SSSR count). The molecule has 0 unspecified atom stereocenters. The predicted octanol–water partition coefficient (Wildman–Crippen LogP) is 1.55. The van der Waals surface area contributed by atoms with Gasteiger partial charge in [0.25, 0.3) is 0 Å². The number of hydrogen-bond acceptors (Lipinski definition) is 5. The van der Waals surface area contributed by atoms with Gasteiger partial charge >= 0.3 is 0 Å². The highest BCUT2D eigenvalue weighted by atomic mass is 35.5. The Labute approximate surface area is 108 Å². The molecule has 0 N–H and O–H groups in total. The molecule has 0 radical (unpaired) electrons. The average molecular weight is 273 g/mol. The van der Waals surface area contributed by atoms with Crippen LogP contribution in [0, 0.1) is 0 Å². The van der Waals surface area contributed by atoms with Crippen LogP contribution in [0.25, 0.3) is 0 Å². The second-order valence-corrected chi connectivity index (χ2v) is 4.20. The van der Waals surface area contributed by atoms with E-state index in [-0.39, 0.29) is 10.4 Å². The first-order valence-corrected chi connectivity index (χ1v) is 5.56. The average Bonchev–Trinajstić information content (AvgIpc) is 2.68. The summed E-state index contributed by atoms with van der Waals surface area (Å²) in [4.78, 5) is 10.1. The van der Waals surface area contributed by atoms with Gasteiger partial charge < -0.3 is 9.47 Å². The van der Waals surface area contributed by atoms with Crippen molar-refractivity contribution in [3.8, 4) is 0 Å². The summed E-state index contributed by atoms with van der Waals surface area (Å²) in [6, 6.07) is 0. The molecule has 0 amide bonds. The summed E-state index contributed by atoms with van der Waals surface area (Å²) in [5.74, 6) is 1.37. The molecule has 2 aromatic heterocycles. The summed E-state index contributed by atoms with van der Waals surface area (Å²) >= 11 is 11.6. The lowest BCUT2D eigenvalue weighted by molar-refractivity contribution is 0.750. The quantitative estimate of drug-likeness (QED) is 0.849. The number of nitrogens with zero attached hydrogens (tertiary/aromatic N) is 6. The zero-order valence-electron chi connectivity index (χ0n) is 9.30. The lowest BCUT2D eigenvalue weighted by Crippen LogP contribution is -2.21. The van der Waals surface area contributed by atoms with E-state index in [1.807, 2.05) is 29.8 Å². The van der Waals surface area contributed by atoms with Gasteiger partial charge in [-0.05, 0) is 11.6 Å². The van der Waals surface area contributed by atoms with Gasteiger partial charge in [-0.3, -0.25) is 0 Å². The molecule has 0 aromatic carbocycles. The van der Waals surface area contributed by atoms with E-state index in [1.54, 1.807) is 6.20 Å². The maximum Gasteiger partial charge on any atom is 0.245 e. The van der Waals surface area contributed by atoms with Crippen molar-refractivity contribution in [3.63, 3.8) is 0 Å². The predicted molar refractivity (Wildman–Crippen MR) is 65.2 cm³/mol. The van der Waals surface area contributed by atoms with Gasteiger partial charge in [0.1, 0.15) is 5.82 Å². The number of aromatic nitrogens is 5. The summed E-state index contributed by atoms with van der Waals surface area (Å²) in [6.45, 7) is 0.554. The van der Waals surface area contributed by atoms with Crippen LogP contribution >= 0.6 is 23.2 Å². The number of hydrogen-bond donors (Lipinski definition) is 0. The van der Waals surface area contributed by atoms with E-state index in [2.05, 4.69) is 20.2 Å². The van der Waals surface area contributed by atoms with E-state index in [9.17, 15) is 0 Å². The third-order valence-electron chi connectivity index (χ3n) is 2.26. The van der Waals surface area contributed by atoms with Crippen LogP contribution in [0.2, 0.25) is 10.4 Å². The highest BCUT2D eigenvalue weighted by Gasteiger charge is 2.13. The third kappa shape index (κ3) is 2.65. The van der Waals surface area contributed by atoms with E-state index in [1.165, 1.54) is 0 Å². The fourth-order valence-corrected chi connectivity index (χ4v) is 1.71. The van der Waals surface area contributed by atoms with E-state index in [4.69, 9.17) is 23.2 Å². The van der Waals surface area contributed by atoms with Crippen molar-refractivity contribution in [1.29, 1.82) is 0 Å². The smallest absolute Gasteiger partial charge is 0.245 e. The number of anilines is 1. The topological polar surface area (TPSA) is 59.7 Å². The molecule has 0 saturated carbocycles. The van der Waals surface area contributed by atoms with Gasteiger partial charge in [-0.15, -0.1) is 10.2 Å². The molecule has 0 spiro atoms. The van der Waals surface area contributed by atoms with Gasteiger partial charge in [-0.2, -0.15) is 4.98 Å². The van der Waals surface area contributed by atoms with E-state index in [0.717, 1.165) is 5.82 Å². The monoisotopic (exact) mass is 272 g/mol. The highest BCUT2D eigenvalue weighted by Crippen LogP contribution is 2.21. The Morgan fingerprint density at radius 1 is 1.35 bits per heavy atom. The van der Waals surface area contributed by atoms with E-state index < -0.39 is 0 Å². The minimum Gasteiger partial charge on any atom is -0.349 e. The largest absolute Gasteiger partial charge is 0.349 e. The zero-order valence-corrected chi connectivity index (χ0v) is 10.8. The number of imidazole rings is 1. The zero-order chi connectivity index (χ0) is 12.4. The van der Waals surface area contributed by atoms with Gasteiger partial charge in [0.05, 0.1) is 6.54 Å². The third-order valence-corrected chi connectivity index (χ3v) is 2.67. The van der Waals surface area contributed by atoms with Crippen LogP contribution in [0.1, 0.15) is 5.82 Å². The second kappa shape index (κ2) is 4.85. The summed E-state index contributed by atoms with van der Waals surface area (Å²) in [7, 11) is 3.75. The maximum atomic E-state index is 5.91. The fourth-order valence-electron chi connectivity index (χ4n) is 1.36. The van der Waals surface area contributed by atoms with Crippen LogP contribution in [0.3, 0.4) is 0 Å². The molecule has 0 aliphatic carbocycles. The van der Waals surface area contributed by atoms with E-state index in [0.29, 0.717) is 12.4 Å². The summed E-state index contributed by atoms with van der Waals surface area (Å²) in [5, 5.41) is 7.54. The Kier molecular flexibility index (Phi) is 3.44. The second-order valence-electron chi connectivity index (χ2n) is 3.51. The summed E-state index contributed by atoms with van der Waals surface area (Å²) in [5.41, 5.74) is 0. The van der Waals surface area contributed by atoms with Gasteiger partial charge in [0.2, 0.25) is 5.28 Å². The van der Waals surface area contributed by atoms with Crippen LogP contribution in [-0.2, 0) is 13.6 Å². The molecule has 2 heterocycles. The summed E-state index contributed by atoms with van der Waals surface area (Å²) in [6.07, 6.45) is 3.60. The molecule has 8 heteroatoms. The Morgan fingerprint density at radius 3 is 2.76 bits per heavy atom. The lowest BCUT2D eigenvalue weighted by atomic mass is 10.5. The Morgan fingerprint density at radius 2 is 2.12 bits per heavy atom. The van der Waals surface area contributed by atoms with Crippen LogP contribution in [0.5, 0.6) is 0 Å². The van der Waals surface area contributed by atoms with Gasteiger partial charge in [0.15, 0.2) is 11.0 Å². The maximum absolute atomic E-state index is 5.91. The Bertz CT molecular complexity index is 526. The van der Waals surface area contributed by atoms with Crippen molar-refractivity contribution in [3.05, 3.63) is 28.7 Å².